The van der Waals surface area contributed by atoms with Crippen molar-refractivity contribution in [3.05, 3.63) is 71.5 Å². The summed E-state index contributed by atoms with van der Waals surface area (Å²) in [6, 6.07) is 15.2. The summed E-state index contributed by atoms with van der Waals surface area (Å²) in [5.41, 5.74) is 6.30. The summed E-state index contributed by atoms with van der Waals surface area (Å²) in [5, 5.41) is 6.90. The third kappa shape index (κ3) is 3.19. The first kappa shape index (κ1) is 15.0. The molecule has 1 N–H and O–H groups in total. The molecule has 0 saturated carbocycles. The molecule has 1 aromatic heterocycles. The number of H-pyrrole nitrogens is 1. The minimum atomic E-state index is 0.815. The van der Waals surface area contributed by atoms with Crippen molar-refractivity contribution in [2.24, 2.45) is 0 Å². The first-order chi connectivity index (χ1) is 11.8. The predicted octanol–water partition coefficient (Wildman–Crippen LogP) is 3.64. The van der Waals surface area contributed by atoms with Gasteiger partial charge in [-0.1, -0.05) is 30.3 Å². The van der Waals surface area contributed by atoms with Crippen molar-refractivity contribution in [1.29, 1.82) is 0 Å². The number of benzene rings is 2. The third-order valence-corrected chi connectivity index (χ3v) is 4.42. The van der Waals surface area contributed by atoms with Crippen molar-refractivity contribution in [3.63, 3.8) is 0 Å². The molecule has 1 aliphatic heterocycles. The number of hydrogen-bond acceptors (Lipinski definition) is 3. The molecule has 0 amide bonds. The van der Waals surface area contributed by atoms with E-state index in [0.29, 0.717) is 0 Å². The van der Waals surface area contributed by atoms with Crippen LogP contribution in [0.2, 0.25) is 0 Å². The van der Waals surface area contributed by atoms with Gasteiger partial charge in [-0.25, -0.2) is 0 Å². The Labute approximate surface area is 142 Å². The number of rotatable bonds is 5. The number of hydrogen-bond donors (Lipinski definition) is 1. The second kappa shape index (κ2) is 6.49. The van der Waals surface area contributed by atoms with Crippen LogP contribution in [0, 0.1) is 0 Å². The molecular weight excluding hydrogens is 298 g/mol. The minimum absolute atomic E-state index is 0.815. The zero-order valence-electron chi connectivity index (χ0n) is 13.8. The van der Waals surface area contributed by atoms with Gasteiger partial charge in [0.25, 0.3) is 0 Å². The van der Waals surface area contributed by atoms with Crippen molar-refractivity contribution < 1.29 is 4.74 Å². The second-order valence-electron chi connectivity index (χ2n) is 6.40. The maximum absolute atomic E-state index is 5.58. The van der Waals surface area contributed by atoms with E-state index in [2.05, 4.69) is 64.6 Å². The number of aromatic nitrogens is 2. The molecular formula is C20H21N3O. The number of nitrogens with one attached hydrogen (secondary N) is 1. The van der Waals surface area contributed by atoms with Gasteiger partial charge in [-0.3, -0.25) is 10.00 Å². The smallest absolute Gasteiger partial charge is 0.122 e. The standard InChI is InChI=1S/C20H21N3O/c1-23(14-16-5-6-20-18(10-16)7-8-24-20)13-15-3-2-4-17(9-15)19-11-21-22-12-19/h2-6,9-12H,7-8,13-14H2,1H3,(H,21,22). The van der Waals surface area contributed by atoms with Crippen LogP contribution in [0.15, 0.2) is 54.9 Å². The first-order valence-corrected chi connectivity index (χ1v) is 8.29. The van der Waals surface area contributed by atoms with E-state index in [9.17, 15) is 0 Å². The summed E-state index contributed by atoms with van der Waals surface area (Å²) < 4.78 is 5.58. The van der Waals surface area contributed by atoms with Crippen LogP contribution in [-0.4, -0.2) is 28.8 Å². The molecule has 0 spiro atoms. The van der Waals surface area contributed by atoms with Crippen LogP contribution >= 0.6 is 0 Å². The summed E-state index contributed by atoms with van der Waals surface area (Å²) in [6.07, 6.45) is 4.81. The molecule has 0 bridgehead atoms. The molecule has 0 fully saturated rings. The highest BCUT2D eigenvalue weighted by molar-refractivity contribution is 5.62. The molecule has 2 heterocycles. The Morgan fingerprint density at radius 1 is 1.08 bits per heavy atom. The Hall–Kier alpha value is -2.59. The van der Waals surface area contributed by atoms with Crippen LogP contribution in [0.4, 0.5) is 0 Å². The molecule has 1 aliphatic rings. The van der Waals surface area contributed by atoms with Crippen LogP contribution < -0.4 is 4.74 Å². The average Bonchev–Trinajstić information content (AvgIpc) is 3.26. The predicted molar refractivity (Wildman–Crippen MR) is 94.8 cm³/mol. The lowest BCUT2D eigenvalue weighted by Gasteiger charge is -2.17. The van der Waals surface area contributed by atoms with E-state index in [1.54, 1.807) is 0 Å². The van der Waals surface area contributed by atoms with Gasteiger partial charge < -0.3 is 4.74 Å². The zero-order valence-corrected chi connectivity index (χ0v) is 13.8. The van der Waals surface area contributed by atoms with Crippen molar-refractivity contribution in [3.8, 4) is 16.9 Å². The lowest BCUT2D eigenvalue weighted by Crippen LogP contribution is -2.17. The Balaban J connectivity index is 1.44. The summed E-state index contributed by atoms with van der Waals surface area (Å²) in [4.78, 5) is 2.34. The minimum Gasteiger partial charge on any atom is -0.493 e. The highest BCUT2D eigenvalue weighted by Crippen LogP contribution is 2.26. The zero-order chi connectivity index (χ0) is 16.4. The van der Waals surface area contributed by atoms with Crippen LogP contribution in [0.3, 0.4) is 0 Å². The van der Waals surface area contributed by atoms with Gasteiger partial charge in [0.2, 0.25) is 0 Å². The molecule has 0 radical (unpaired) electrons. The van der Waals surface area contributed by atoms with E-state index in [0.717, 1.165) is 37.4 Å². The van der Waals surface area contributed by atoms with Crippen LogP contribution in [0.25, 0.3) is 11.1 Å². The normalized spacial score (nSPS) is 13.1. The monoisotopic (exact) mass is 319 g/mol. The Bertz CT molecular complexity index is 827. The molecule has 4 nitrogen and oxygen atoms in total. The lowest BCUT2D eigenvalue weighted by atomic mass is 10.1. The van der Waals surface area contributed by atoms with Gasteiger partial charge in [0.05, 0.1) is 12.8 Å². The topological polar surface area (TPSA) is 41.2 Å². The fraction of sp³-hybridized carbons (Fsp3) is 0.250. The van der Waals surface area contributed by atoms with Crippen LogP contribution in [-0.2, 0) is 19.5 Å². The van der Waals surface area contributed by atoms with Crippen LogP contribution in [0.5, 0.6) is 5.75 Å². The molecule has 0 unspecified atom stereocenters. The molecule has 0 aliphatic carbocycles. The first-order valence-electron chi connectivity index (χ1n) is 8.29. The van der Waals surface area contributed by atoms with E-state index in [4.69, 9.17) is 4.74 Å². The number of aromatic amines is 1. The van der Waals surface area contributed by atoms with Gasteiger partial charge in [-0.2, -0.15) is 5.10 Å². The van der Waals surface area contributed by atoms with E-state index in [1.165, 1.54) is 22.3 Å². The summed E-state index contributed by atoms with van der Waals surface area (Å²) >= 11 is 0. The summed E-state index contributed by atoms with van der Waals surface area (Å²) in [5.74, 6) is 1.05. The highest BCUT2D eigenvalue weighted by Gasteiger charge is 2.12. The molecule has 24 heavy (non-hydrogen) atoms. The van der Waals surface area contributed by atoms with E-state index < -0.39 is 0 Å². The Morgan fingerprint density at radius 3 is 2.79 bits per heavy atom. The van der Waals surface area contributed by atoms with Crippen molar-refractivity contribution in [2.45, 2.75) is 19.5 Å². The van der Waals surface area contributed by atoms with Crippen molar-refractivity contribution in [2.75, 3.05) is 13.7 Å². The SMILES string of the molecule is CN(Cc1cccc(-c2cn[nH]c2)c1)Cc1ccc2c(c1)CCO2. The molecule has 4 rings (SSSR count). The summed E-state index contributed by atoms with van der Waals surface area (Å²) in [7, 11) is 2.16. The number of fused-ring (bicyclic) bond motifs is 1. The maximum Gasteiger partial charge on any atom is 0.122 e. The molecule has 0 saturated heterocycles. The number of ether oxygens (including phenoxy) is 1. The van der Waals surface area contributed by atoms with Gasteiger partial charge in [-0.15, -0.1) is 0 Å². The molecule has 0 atom stereocenters. The highest BCUT2D eigenvalue weighted by atomic mass is 16.5. The maximum atomic E-state index is 5.58. The quantitative estimate of drug-likeness (QED) is 0.780. The van der Waals surface area contributed by atoms with Gasteiger partial charge in [0.15, 0.2) is 0 Å². The van der Waals surface area contributed by atoms with E-state index in [-0.39, 0.29) is 0 Å². The van der Waals surface area contributed by atoms with Gasteiger partial charge >= 0.3 is 0 Å². The summed E-state index contributed by atoms with van der Waals surface area (Å²) in [6.45, 7) is 2.66. The molecule has 2 aromatic carbocycles. The third-order valence-electron chi connectivity index (χ3n) is 4.42. The van der Waals surface area contributed by atoms with Crippen LogP contribution in [0.1, 0.15) is 16.7 Å². The second-order valence-corrected chi connectivity index (χ2v) is 6.40. The van der Waals surface area contributed by atoms with E-state index >= 15 is 0 Å². The molecule has 122 valence electrons. The molecule has 4 heteroatoms. The average molecular weight is 319 g/mol. The largest absolute Gasteiger partial charge is 0.493 e. The lowest BCUT2D eigenvalue weighted by molar-refractivity contribution is 0.319. The van der Waals surface area contributed by atoms with Crippen molar-refractivity contribution >= 4 is 0 Å². The fourth-order valence-electron chi connectivity index (χ4n) is 3.28. The number of nitrogens with zero attached hydrogens (tertiary/aromatic N) is 2. The van der Waals surface area contributed by atoms with Gasteiger partial charge in [-0.05, 0) is 41.4 Å². The Morgan fingerprint density at radius 2 is 1.96 bits per heavy atom. The molecule has 3 aromatic rings. The fourth-order valence-corrected chi connectivity index (χ4v) is 3.28. The van der Waals surface area contributed by atoms with Gasteiger partial charge in [0, 0.05) is 31.3 Å². The van der Waals surface area contributed by atoms with Gasteiger partial charge in [0.1, 0.15) is 5.75 Å². The van der Waals surface area contributed by atoms with E-state index in [1.807, 2.05) is 12.4 Å². The Kier molecular flexibility index (Phi) is 4.05. The van der Waals surface area contributed by atoms with Crippen molar-refractivity contribution in [1.82, 2.24) is 15.1 Å².